The number of hydrogen-bond donors (Lipinski definition) is 3. The number of nitrogens with two attached hydrogens (primary N) is 1. The molecule has 0 aliphatic heterocycles. The van der Waals surface area contributed by atoms with Crippen LogP contribution >= 0.6 is 0 Å². The molecule has 0 aliphatic rings. The SMILES string of the molecule is CNS(=O)(=O)c1ccc(N)c(NC(C)COC)c1. The van der Waals surface area contributed by atoms with Crippen LogP contribution in [0.4, 0.5) is 11.4 Å². The minimum atomic E-state index is -3.46. The molecule has 102 valence electrons. The molecule has 1 unspecified atom stereocenters. The van der Waals surface area contributed by atoms with Crippen molar-refractivity contribution >= 4 is 21.4 Å². The van der Waals surface area contributed by atoms with E-state index in [0.717, 1.165) is 0 Å². The van der Waals surface area contributed by atoms with Crippen LogP contribution in [0.25, 0.3) is 0 Å². The number of ether oxygens (including phenoxy) is 1. The molecule has 1 rings (SSSR count). The summed E-state index contributed by atoms with van der Waals surface area (Å²) in [4.78, 5) is 0.173. The van der Waals surface area contributed by atoms with E-state index >= 15 is 0 Å². The maximum Gasteiger partial charge on any atom is 0.240 e. The second kappa shape index (κ2) is 6.03. The van der Waals surface area contributed by atoms with Crippen LogP contribution in [0, 0.1) is 0 Å². The first-order chi connectivity index (χ1) is 8.40. The number of sulfonamides is 1. The molecule has 0 saturated carbocycles. The largest absolute Gasteiger partial charge is 0.397 e. The van der Waals surface area contributed by atoms with Crippen LogP contribution in [-0.2, 0) is 14.8 Å². The molecule has 6 nitrogen and oxygen atoms in total. The van der Waals surface area contributed by atoms with Gasteiger partial charge >= 0.3 is 0 Å². The zero-order chi connectivity index (χ0) is 13.8. The van der Waals surface area contributed by atoms with Gasteiger partial charge in [-0.25, -0.2) is 13.1 Å². The highest BCUT2D eigenvalue weighted by Gasteiger charge is 2.14. The molecule has 0 saturated heterocycles. The van der Waals surface area contributed by atoms with Crippen LogP contribution < -0.4 is 15.8 Å². The highest BCUT2D eigenvalue weighted by molar-refractivity contribution is 7.89. The Morgan fingerprint density at radius 2 is 2.11 bits per heavy atom. The van der Waals surface area contributed by atoms with Crippen LogP contribution in [0.2, 0.25) is 0 Å². The van der Waals surface area contributed by atoms with Gasteiger partial charge in [0.25, 0.3) is 0 Å². The maximum absolute atomic E-state index is 11.7. The summed E-state index contributed by atoms with van der Waals surface area (Å²) >= 11 is 0. The summed E-state index contributed by atoms with van der Waals surface area (Å²) in [5.41, 5.74) is 6.87. The monoisotopic (exact) mass is 273 g/mol. The summed E-state index contributed by atoms with van der Waals surface area (Å²) in [6.07, 6.45) is 0. The minimum absolute atomic E-state index is 0.0323. The van der Waals surface area contributed by atoms with Crippen LogP contribution in [-0.4, -0.2) is 35.2 Å². The summed E-state index contributed by atoms with van der Waals surface area (Å²) in [6, 6.07) is 4.57. The van der Waals surface area contributed by atoms with Gasteiger partial charge in [-0.2, -0.15) is 0 Å². The first-order valence-electron chi connectivity index (χ1n) is 5.49. The second-order valence-corrected chi connectivity index (χ2v) is 5.84. The van der Waals surface area contributed by atoms with Gasteiger partial charge < -0.3 is 15.8 Å². The zero-order valence-corrected chi connectivity index (χ0v) is 11.5. The number of benzene rings is 1. The molecule has 18 heavy (non-hydrogen) atoms. The molecule has 0 heterocycles. The maximum atomic E-state index is 11.7. The van der Waals surface area contributed by atoms with Crippen molar-refractivity contribution in [2.75, 3.05) is 31.8 Å². The van der Waals surface area contributed by atoms with Crippen molar-refractivity contribution in [3.05, 3.63) is 18.2 Å². The van der Waals surface area contributed by atoms with Crippen LogP contribution in [0.1, 0.15) is 6.92 Å². The summed E-state index contributed by atoms with van der Waals surface area (Å²) in [7, 11) is -0.494. The Hall–Kier alpha value is -1.31. The smallest absolute Gasteiger partial charge is 0.240 e. The third-order valence-electron chi connectivity index (χ3n) is 2.42. The van der Waals surface area contributed by atoms with Crippen molar-refractivity contribution in [1.82, 2.24) is 4.72 Å². The van der Waals surface area contributed by atoms with E-state index in [1.165, 1.54) is 19.2 Å². The van der Waals surface area contributed by atoms with Crippen molar-refractivity contribution in [3.63, 3.8) is 0 Å². The quantitative estimate of drug-likeness (QED) is 0.661. The van der Waals surface area contributed by atoms with E-state index in [9.17, 15) is 8.42 Å². The molecular formula is C11H19N3O3S. The Labute approximate surface area is 108 Å². The van der Waals surface area contributed by atoms with Crippen LogP contribution in [0.15, 0.2) is 23.1 Å². The van der Waals surface area contributed by atoms with E-state index in [-0.39, 0.29) is 10.9 Å². The lowest BCUT2D eigenvalue weighted by Gasteiger charge is -2.16. The van der Waals surface area contributed by atoms with E-state index in [1.807, 2.05) is 6.92 Å². The lowest BCUT2D eigenvalue weighted by atomic mass is 10.2. The molecule has 0 fully saturated rings. The average molecular weight is 273 g/mol. The number of hydrogen-bond acceptors (Lipinski definition) is 5. The van der Waals surface area contributed by atoms with Crippen molar-refractivity contribution < 1.29 is 13.2 Å². The van der Waals surface area contributed by atoms with E-state index in [2.05, 4.69) is 10.0 Å². The van der Waals surface area contributed by atoms with Crippen molar-refractivity contribution in [2.24, 2.45) is 0 Å². The third-order valence-corrected chi connectivity index (χ3v) is 3.83. The Balaban J connectivity index is 3.02. The highest BCUT2D eigenvalue weighted by Crippen LogP contribution is 2.23. The molecule has 4 N–H and O–H groups in total. The summed E-state index contributed by atoms with van der Waals surface area (Å²) < 4.78 is 30.6. The molecule has 0 aromatic heterocycles. The standard InChI is InChI=1S/C11H19N3O3S/c1-8(7-17-3)14-11-6-9(4-5-10(11)12)18(15,16)13-2/h4-6,8,13-14H,7,12H2,1-3H3. The minimum Gasteiger partial charge on any atom is -0.397 e. The Morgan fingerprint density at radius 3 is 2.67 bits per heavy atom. The predicted molar refractivity (Wildman–Crippen MR) is 72.1 cm³/mol. The Bertz CT molecular complexity index is 502. The van der Waals surface area contributed by atoms with Crippen molar-refractivity contribution in [3.8, 4) is 0 Å². The van der Waals surface area contributed by atoms with Crippen molar-refractivity contribution in [1.29, 1.82) is 0 Å². The molecule has 0 bridgehead atoms. The van der Waals surface area contributed by atoms with E-state index < -0.39 is 10.0 Å². The van der Waals surface area contributed by atoms with E-state index in [1.54, 1.807) is 13.2 Å². The number of methoxy groups -OCH3 is 1. The molecular weight excluding hydrogens is 254 g/mol. The summed E-state index contributed by atoms with van der Waals surface area (Å²) in [5, 5.41) is 3.11. The highest BCUT2D eigenvalue weighted by atomic mass is 32.2. The molecule has 0 radical (unpaired) electrons. The third kappa shape index (κ3) is 3.59. The predicted octanol–water partition coefficient (Wildman–Crippen LogP) is 0.624. The number of rotatable bonds is 6. The van der Waals surface area contributed by atoms with Gasteiger partial charge in [0.05, 0.1) is 22.9 Å². The van der Waals surface area contributed by atoms with Crippen molar-refractivity contribution in [2.45, 2.75) is 17.9 Å². The second-order valence-electron chi connectivity index (χ2n) is 3.96. The Morgan fingerprint density at radius 1 is 1.44 bits per heavy atom. The summed E-state index contributed by atoms with van der Waals surface area (Å²) in [6.45, 7) is 2.42. The number of anilines is 2. The fourth-order valence-electron chi connectivity index (χ4n) is 1.50. The van der Waals surface area contributed by atoms with Gasteiger partial charge in [0, 0.05) is 13.2 Å². The lowest BCUT2D eigenvalue weighted by Crippen LogP contribution is -2.22. The summed E-state index contributed by atoms with van der Waals surface area (Å²) in [5.74, 6) is 0. The molecule has 0 spiro atoms. The van der Waals surface area contributed by atoms with Gasteiger partial charge in [-0.1, -0.05) is 0 Å². The molecule has 1 aromatic rings. The fraction of sp³-hybridized carbons (Fsp3) is 0.455. The fourth-order valence-corrected chi connectivity index (χ4v) is 2.26. The number of nitrogens with one attached hydrogen (secondary N) is 2. The van der Waals surface area contributed by atoms with E-state index in [0.29, 0.717) is 18.0 Å². The van der Waals surface area contributed by atoms with Gasteiger partial charge in [0.2, 0.25) is 10.0 Å². The molecule has 0 amide bonds. The van der Waals surface area contributed by atoms with Gasteiger partial charge in [-0.05, 0) is 32.2 Å². The normalized spacial score (nSPS) is 13.3. The van der Waals surface area contributed by atoms with Gasteiger partial charge in [-0.3, -0.25) is 0 Å². The topological polar surface area (TPSA) is 93.5 Å². The van der Waals surface area contributed by atoms with Gasteiger partial charge in [0.1, 0.15) is 0 Å². The molecule has 7 heteroatoms. The number of nitrogen functional groups attached to an aromatic ring is 1. The zero-order valence-electron chi connectivity index (χ0n) is 10.7. The molecule has 1 aromatic carbocycles. The first-order valence-corrected chi connectivity index (χ1v) is 6.97. The molecule has 1 atom stereocenters. The average Bonchev–Trinajstić information content (AvgIpc) is 2.32. The molecule has 0 aliphatic carbocycles. The Kier molecular flexibility index (Phi) is 4.94. The van der Waals surface area contributed by atoms with Crippen LogP contribution in [0.3, 0.4) is 0 Å². The van der Waals surface area contributed by atoms with E-state index in [4.69, 9.17) is 10.5 Å². The van der Waals surface area contributed by atoms with Gasteiger partial charge in [-0.15, -0.1) is 0 Å². The first kappa shape index (κ1) is 14.7. The van der Waals surface area contributed by atoms with Gasteiger partial charge in [0.15, 0.2) is 0 Å². The lowest BCUT2D eigenvalue weighted by molar-refractivity contribution is 0.190. The van der Waals surface area contributed by atoms with Crippen LogP contribution in [0.5, 0.6) is 0 Å².